The van der Waals surface area contributed by atoms with E-state index in [9.17, 15) is 4.79 Å². The van der Waals surface area contributed by atoms with Crippen LogP contribution in [-0.4, -0.2) is 25.3 Å². The number of carbonyl (C=O) groups is 1. The van der Waals surface area contributed by atoms with Gasteiger partial charge in [-0.2, -0.15) is 0 Å². The molecule has 5 heteroatoms. The van der Waals surface area contributed by atoms with E-state index in [1.54, 1.807) is 23.9 Å². The first-order valence-corrected chi connectivity index (χ1v) is 8.73. The molecule has 0 atom stereocenters. The molecule has 0 bridgehead atoms. The number of thioether (sulfide) groups is 1. The molecule has 1 heterocycles. The molecule has 118 valence electrons. The third kappa shape index (κ3) is 3.71. The number of halogens is 1. The van der Waals surface area contributed by atoms with E-state index >= 15 is 0 Å². The maximum Gasteiger partial charge on any atom is 0.185 e. The average Bonchev–Trinajstić information content (AvgIpc) is 2.60. The molecule has 0 N–H and O–H groups in total. The molecular formula is C18H15ClO3S. The maximum absolute atomic E-state index is 12.2. The second-order valence-electron chi connectivity index (χ2n) is 4.95. The number of hydrogen-bond donors (Lipinski definition) is 0. The zero-order valence-electron chi connectivity index (χ0n) is 12.5. The van der Waals surface area contributed by atoms with Gasteiger partial charge in [0.15, 0.2) is 17.3 Å². The standard InChI is InChI=1S/C18H15ClO3S/c1-23-14-5-3-13(4-6-14)16(20)7-2-12-10-15(19)18-17(11-12)21-8-9-22-18/h2-7,10-11H,8-9H2,1H3. The van der Waals surface area contributed by atoms with E-state index in [0.717, 1.165) is 10.5 Å². The van der Waals surface area contributed by atoms with Crippen molar-refractivity contribution in [2.24, 2.45) is 0 Å². The molecule has 0 radical (unpaired) electrons. The first-order chi connectivity index (χ1) is 11.2. The Labute approximate surface area is 144 Å². The molecule has 0 saturated carbocycles. The average molecular weight is 347 g/mol. The van der Waals surface area contributed by atoms with Gasteiger partial charge in [0.1, 0.15) is 13.2 Å². The molecule has 0 fully saturated rings. The number of benzene rings is 2. The van der Waals surface area contributed by atoms with E-state index in [1.165, 1.54) is 6.08 Å². The van der Waals surface area contributed by atoms with Gasteiger partial charge in [0.05, 0.1) is 5.02 Å². The Kier molecular flexibility index (Phi) is 4.94. The summed E-state index contributed by atoms with van der Waals surface area (Å²) in [5, 5.41) is 0.485. The van der Waals surface area contributed by atoms with Crippen molar-refractivity contribution in [2.75, 3.05) is 19.5 Å². The van der Waals surface area contributed by atoms with Crippen LogP contribution >= 0.6 is 23.4 Å². The van der Waals surface area contributed by atoms with Crippen LogP contribution in [0.15, 0.2) is 47.4 Å². The highest BCUT2D eigenvalue weighted by molar-refractivity contribution is 7.98. The normalized spacial score (nSPS) is 13.3. The highest BCUT2D eigenvalue weighted by atomic mass is 35.5. The minimum Gasteiger partial charge on any atom is -0.486 e. The van der Waals surface area contributed by atoms with Crippen LogP contribution in [0.2, 0.25) is 5.02 Å². The number of hydrogen-bond acceptors (Lipinski definition) is 4. The van der Waals surface area contributed by atoms with Gasteiger partial charge >= 0.3 is 0 Å². The second-order valence-corrected chi connectivity index (χ2v) is 6.24. The number of ketones is 1. The number of ether oxygens (including phenoxy) is 2. The van der Waals surface area contributed by atoms with Gasteiger partial charge in [-0.15, -0.1) is 11.8 Å². The summed E-state index contributed by atoms with van der Waals surface area (Å²) < 4.78 is 11.0. The van der Waals surface area contributed by atoms with Gasteiger partial charge in [-0.25, -0.2) is 0 Å². The van der Waals surface area contributed by atoms with Gasteiger partial charge in [0.2, 0.25) is 0 Å². The van der Waals surface area contributed by atoms with Crippen molar-refractivity contribution in [2.45, 2.75) is 4.90 Å². The Hall–Kier alpha value is -1.91. The van der Waals surface area contributed by atoms with Crippen LogP contribution in [0.1, 0.15) is 15.9 Å². The molecular weight excluding hydrogens is 332 g/mol. The van der Waals surface area contributed by atoms with Crippen LogP contribution in [-0.2, 0) is 0 Å². The first kappa shape index (κ1) is 16.0. The van der Waals surface area contributed by atoms with Crippen molar-refractivity contribution in [3.63, 3.8) is 0 Å². The largest absolute Gasteiger partial charge is 0.486 e. The SMILES string of the molecule is CSc1ccc(C(=O)C=Cc2cc(Cl)c3c(c2)OCCO3)cc1. The summed E-state index contributed by atoms with van der Waals surface area (Å²) in [6.07, 6.45) is 5.27. The van der Waals surface area contributed by atoms with Crippen LogP contribution in [0.25, 0.3) is 6.08 Å². The van der Waals surface area contributed by atoms with Crippen LogP contribution < -0.4 is 9.47 Å². The van der Waals surface area contributed by atoms with Crippen molar-refractivity contribution < 1.29 is 14.3 Å². The summed E-state index contributed by atoms with van der Waals surface area (Å²) in [6, 6.07) is 11.1. The third-order valence-corrected chi connectivity index (χ3v) is 4.45. The highest BCUT2D eigenvalue weighted by Gasteiger charge is 2.16. The lowest BCUT2D eigenvalue weighted by Gasteiger charge is -2.19. The number of allylic oxidation sites excluding steroid dienone is 1. The number of fused-ring (bicyclic) bond motifs is 1. The molecule has 3 rings (SSSR count). The molecule has 23 heavy (non-hydrogen) atoms. The maximum atomic E-state index is 12.2. The van der Waals surface area contributed by atoms with Crippen LogP contribution in [0.5, 0.6) is 11.5 Å². The Bertz CT molecular complexity index is 754. The van der Waals surface area contributed by atoms with Gasteiger partial charge in [-0.3, -0.25) is 4.79 Å². The molecule has 2 aromatic carbocycles. The van der Waals surface area contributed by atoms with E-state index in [-0.39, 0.29) is 5.78 Å². The van der Waals surface area contributed by atoms with E-state index in [1.807, 2.05) is 36.6 Å². The van der Waals surface area contributed by atoms with Gasteiger partial charge in [-0.1, -0.05) is 17.7 Å². The molecule has 0 aromatic heterocycles. The number of rotatable bonds is 4. The number of carbonyl (C=O) groups excluding carboxylic acids is 1. The van der Waals surface area contributed by atoms with Crippen molar-refractivity contribution in [3.8, 4) is 11.5 Å². The van der Waals surface area contributed by atoms with Crippen molar-refractivity contribution in [3.05, 3.63) is 58.6 Å². The molecule has 0 amide bonds. The Morgan fingerprint density at radius 3 is 2.65 bits per heavy atom. The summed E-state index contributed by atoms with van der Waals surface area (Å²) in [6.45, 7) is 0.990. The van der Waals surface area contributed by atoms with Gasteiger partial charge in [0, 0.05) is 10.5 Å². The fourth-order valence-electron chi connectivity index (χ4n) is 2.25. The zero-order valence-corrected chi connectivity index (χ0v) is 14.1. The molecule has 0 spiro atoms. The quantitative estimate of drug-likeness (QED) is 0.455. The smallest absolute Gasteiger partial charge is 0.185 e. The van der Waals surface area contributed by atoms with E-state index < -0.39 is 0 Å². The van der Waals surface area contributed by atoms with Crippen LogP contribution in [0.4, 0.5) is 0 Å². The summed E-state index contributed by atoms with van der Waals surface area (Å²) in [4.78, 5) is 13.3. The van der Waals surface area contributed by atoms with Crippen molar-refractivity contribution in [1.29, 1.82) is 0 Å². The molecule has 3 nitrogen and oxygen atoms in total. The van der Waals surface area contributed by atoms with Crippen molar-refractivity contribution >= 4 is 35.2 Å². The lowest BCUT2D eigenvalue weighted by molar-refractivity contribution is 0.104. The molecule has 0 saturated heterocycles. The lowest BCUT2D eigenvalue weighted by Crippen LogP contribution is -2.15. The van der Waals surface area contributed by atoms with Crippen LogP contribution in [0, 0.1) is 0 Å². The minimum absolute atomic E-state index is 0.0522. The predicted molar refractivity (Wildman–Crippen MR) is 94.0 cm³/mol. The summed E-state index contributed by atoms with van der Waals surface area (Å²) in [5.41, 5.74) is 1.45. The monoisotopic (exact) mass is 346 g/mol. The third-order valence-electron chi connectivity index (χ3n) is 3.42. The van der Waals surface area contributed by atoms with E-state index in [2.05, 4.69) is 0 Å². The topological polar surface area (TPSA) is 35.5 Å². The van der Waals surface area contributed by atoms with Gasteiger partial charge in [-0.05, 0) is 54.3 Å². The lowest BCUT2D eigenvalue weighted by atomic mass is 10.1. The molecule has 2 aromatic rings. The summed E-state index contributed by atoms with van der Waals surface area (Å²) >= 11 is 7.83. The Balaban J connectivity index is 1.79. The predicted octanol–water partition coefficient (Wildman–Crippen LogP) is 4.73. The summed E-state index contributed by atoms with van der Waals surface area (Å²) in [7, 11) is 0. The Morgan fingerprint density at radius 2 is 1.91 bits per heavy atom. The van der Waals surface area contributed by atoms with Gasteiger partial charge in [0.25, 0.3) is 0 Å². The molecule has 1 aliphatic rings. The fourth-order valence-corrected chi connectivity index (χ4v) is 2.93. The van der Waals surface area contributed by atoms with E-state index in [0.29, 0.717) is 35.3 Å². The minimum atomic E-state index is -0.0522. The van der Waals surface area contributed by atoms with Crippen LogP contribution in [0.3, 0.4) is 0 Å². The fraction of sp³-hybridized carbons (Fsp3) is 0.167. The molecule has 0 aliphatic carbocycles. The Morgan fingerprint density at radius 1 is 1.17 bits per heavy atom. The zero-order chi connectivity index (χ0) is 16.2. The molecule has 1 aliphatic heterocycles. The molecule has 0 unspecified atom stereocenters. The second kappa shape index (κ2) is 7.11. The summed E-state index contributed by atoms with van der Waals surface area (Å²) in [5.74, 6) is 1.12. The first-order valence-electron chi connectivity index (χ1n) is 7.13. The highest BCUT2D eigenvalue weighted by Crippen LogP contribution is 2.38. The van der Waals surface area contributed by atoms with Gasteiger partial charge < -0.3 is 9.47 Å². The van der Waals surface area contributed by atoms with E-state index in [4.69, 9.17) is 21.1 Å². The van der Waals surface area contributed by atoms with Crippen molar-refractivity contribution in [1.82, 2.24) is 0 Å².